The predicted molar refractivity (Wildman–Crippen MR) is 428 cm³/mol. The Bertz CT molecular complexity index is 2030. The summed E-state index contributed by atoms with van der Waals surface area (Å²) >= 11 is 0. The van der Waals surface area contributed by atoms with Gasteiger partial charge in [0.2, 0.25) is 0 Å². The Labute approximate surface area is 638 Å². The van der Waals surface area contributed by atoms with Crippen LogP contribution in [0.15, 0.2) is 0 Å². The van der Waals surface area contributed by atoms with Crippen LogP contribution < -0.4 is 0 Å². The fourth-order valence-electron chi connectivity index (χ4n) is 13.1. The van der Waals surface area contributed by atoms with Crippen LogP contribution >= 0.6 is 15.6 Å². The van der Waals surface area contributed by atoms with Crippen LogP contribution in [0.2, 0.25) is 0 Å². The first kappa shape index (κ1) is 102. The molecule has 0 rings (SSSR count). The van der Waals surface area contributed by atoms with E-state index in [0.717, 1.165) is 114 Å². The van der Waals surface area contributed by atoms with Crippen LogP contribution in [0.25, 0.3) is 0 Å². The summed E-state index contributed by atoms with van der Waals surface area (Å²) in [5.41, 5.74) is 0. The van der Waals surface area contributed by atoms with E-state index in [4.69, 9.17) is 37.0 Å². The molecule has 17 nitrogen and oxygen atoms in total. The van der Waals surface area contributed by atoms with Gasteiger partial charge in [-0.1, -0.05) is 389 Å². The van der Waals surface area contributed by atoms with Crippen molar-refractivity contribution >= 4 is 39.5 Å². The molecule has 0 aliphatic carbocycles. The maximum atomic E-state index is 13.1. The van der Waals surface area contributed by atoms with Crippen LogP contribution in [-0.2, 0) is 65.4 Å². The summed E-state index contributed by atoms with van der Waals surface area (Å²) in [6.45, 7) is 14.3. The number of aliphatic hydroxyl groups excluding tert-OH is 1. The smallest absolute Gasteiger partial charge is 0.462 e. The fraction of sp³-hybridized carbons (Fsp3) is 0.953. The molecule has 0 saturated heterocycles. The summed E-state index contributed by atoms with van der Waals surface area (Å²) in [5.74, 6) is 1.06. The SMILES string of the molecule is CCC(C)CCCCCCCCCCCCCCCCCCCCC(=O)O[C@H](COC(=O)CCCCCCCCCCCCCCCC(C)C)COP(=O)(O)OC[C@@H](O)COP(=O)(O)OC[C@@H](COC(=O)CCCCCCCCCCC(C)C)OC(=O)CCCCCCCCCCCCCCC(C)C. The van der Waals surface area contributed by atoms with Crippen molar-refractivity contribution in [3.63, 3.8) is 0 Å². The molecule has 0 spiro atoms. The number of unbranched alkanes of at least 4 members (excludes halogenated alkanes) is 47. The Kier molecular flexibility index (Phi) is 72.5. The molecule has 0 amide bonds. The van der Waals surface area contributed by atoms with Gasteiger partial charge in [-0.2, -0.15) is 0 Å². The maximum Gasteiger partial charge on any atom is 0.472 e. The molecule has 0 fully saturated rings. The van der Waals surface area contributed by atoms with E-state index in [0.29, 0.717) is 25.7 Å². The second-order valence-electron chi connectivity index (χ2n) is 32.2. The summed E-state index contributed by atoms with van der Waals surface area (Å²) in [6.07, 6.45) is 62.5. The highest BCUT2D eigenvalue weighted by atomic mass is 31.2. The molecular formula is C85H166O17P2. The van der Waals surface area contributed by atoms with Crippen molar-refractivity contribution < 1.29 is 80.2 Å². The number of phosphoric acid groups is 2. The third kappa shape index (κ3) is 76.8. The minimum absolute atomic E-state index is 0.106. The van der Waals surface area contributed by atoms with Crippen LogP contribution in [0.1, 0.15) is 441 Å². The van der Waals surface area contributed by atoms with Gasteiger partial charge in [0.05, 0.1) is 26.4 Å². The van der Waals surface area contributed by atoms with Crippen LogP contribution in [0.4, 0.5) is 0 Å². The Balaban J connectivity index is 5.24. The molecule has 618 valence electrons. The highest BCUT2D eigenvalue weighted by molar-refractivity contribution is 7.47. The number of aliphatic hydroxyl groups is 1. The van der Waals surface area contributed by atoms with E-state index in [2.05, 4.69) is 55.4 Å². The summed E-state index contributed by atoms with van der Waals surface area (Å²) in [6, 6.07) is 0. The molecule has 0 radical (unpaired) electrons. The number of carbonyl (C=O) groups is 4. The topological polar surface area (TPSA) is 237 Å². The highest BCUT2D eigenvalue weighted by Crippen LogP contribution is 2.45. The van der Waals surface area contributed by atoms with Crippen LogP contribution in [-0.4, -0.2) is 96.7 Å². The normalized spacial score (nSPS) is 14.2. The van der Waals surface area contributed by atoms with Crippen LogP contribution in [0, 0.1) is 23.7 Å². The average molecular weight is 1520 g/mol. The predicted octanol–water partition coefficient (Wildman–Crippen LogP) is 25.6. The number of ether oxygens (including phenoxy) is 4. The number of phosphoric ester groups is 2. The zero-order valence-electron chi connectivity index (χ0n) is 68.7. The lowest BCUT2D eigenvalue weighted by atomic mass is 9.99. The molecule has 0 aliphatic rings. The molecule has 0 aliphatic heterocycles. The van der Waals surface area contributed by atoms with Crippen molar-refractivity contribution in [3.8, 4) is 0 Å². The Morgan fingerprint density at radius 2 is 0.462 bits per heavy atom. The first-order valence-electron chi connectivity index (χ1n) is 43.7. The molecule has 0 aromatic heterocycles. The number of esters is 4. The largest absolute Gasteiger partial charge is 0.472 e. The van der Waals surface area contributed by atoms with E-state index in [1.54, 1.807) is 0 Å². The van der Waals surface area contributed by atoms with Crippen molar-refractivity contribution in [3.05, 3.63) is 0 Å². The van der Waals surface area contributed by atoms with E-state index < -0.39 is 97.5 Å². The number of carbonyl (C=O) groups excluding carboxylic acids is 4. The van der Waals surface area contributed by atoms with Gasteiger partial charge in [0.1, 0.15) is 19.3 Å². The standard InChI is InChI=1S/C85H166O17P2/c1-9-78(8)64-56-48-40-31-25-18-14-12-10-11-13-15-19-27-33-43-51-59-67-84(89)101-80(71-95-82(87)65-57-49-41-32-26-20-16-17-23-29-37-45-53-61-75(2)3)73-99-103(91,92)97-69-79(86)70-98-104(93,94)100-74-81(72-96-83(88)66-58-50-42-36-35-39-47-55-63-77(6)7)102-85(90)68-60-52-44-34-28-22-21-24-30-38-46-54-62-76(4)5/h75-81,86H,9-74H2,1-8H3,(H,91,92)(H,93,94)/t78?,79-,80-,81-/m1/s1. The number of rotatable bonds is 82. The van der Waals surface area contributed by atoms with Crippen molar-refractivity contribution in [1.29, 1.82) is 0 Å². The third-order valence-electron chi connectivity index (χ3n) is 20.2. The highest BCUT2D eigenvalue weighted by Gasteiger charge is 2.30. The van der Waals surface area contributed by atoms with Gasteiger partial charge in [0.25, 0.3) is 0 Å². The van der Waals surface area contributed by atoms with Gasteiger partial charge in [-0.05, 0) is 49.4 Å². The van der Waals surface area contributed by atoms with Crippen molar-refractivity contribution in [2.75, 3.05) is 39.6 Å². The van der Waals surface area contributed by atoms with Gasteiger partial charge >= 0.3 is 39.5 Å². The molecule has 0 bridgehead atoms. The molecule has 3 unspecified atom stereocenters. The average Bonchev–Trinajstić information content (AvgIpc) is 0.902. The molecule has 6 atom stereocenters. The zero-order chi connectivity index (χ0) is 76.7. The quantitative estimate of drug-likeness (QED) is 0.0222. The molecule has 0 saturated carbocycles. The third-order valence-corrected chi connectivity index (χ3v) is 22.1. The van der Waals surface area contributed by atoms with Gasteiger partial charge < -0.3 is 33.8 Å². The first-order valence-corrected chi connectivity index (χ1v) is 46.7. The molecule has 3 N–H and O–H groups in total. The van der Waals surface area contributed by atoms with Gasteiger partial charge in [0, 0.05) is 25.7 Å². The molecule has 19 heteroatoms. The van der Waals surface area contributed by atoms with Crippen LogP contribution in [0.3, 0.4) is 0 Å². The lowest BCUT2D eigenvalue weighted by Gasteiger charge is -2.21. The van der Waals surface area contributed by atoms with Gasteiger partial charge in [-0.25, -0.2) is 9.13 Å². The lowest BCUT2D eigenvalue weighted by Crippen LogP contribution is -2.30. The van der Waals surface area contributed by atoms with Crippen molar-refractivity contribution in [1.82, 2.24) is 0 Å². The summed E-state index contributed by atoms with van der Waals surface area (Å²) in [5, 5.41) is 10.7. The molecular weight excluding hydrogens is 1350 g/mol. The summed E-state index contributed by atoms with van der Waals surface area (Å²) in [7, 11) is -9.93. The number of hydrogen-bond acceptors (Lipinski definition) is 15. The second-order valence-corrected chi connectivity index (χ2v) is 35.2. The number of hydrogen-bond donors (Lipinski definition) is 3. The zero-order valence-corrected chi connectivity index (χ0v) is 70.5. The van der Waals surface area contributed by atoms with E-state index in [1.807, 2.05) is 0 Å². The minimum Gasteiger partial charge on any atom is -0.462 e. The monoisotopic (exact) mass is 1520 g/mol. The van der Waals surface area contributed by atoms with Gasteiger partial charge in [-0.3, -0.25) is 37.3 Å². The lowest BCUT2D eigenvalue weighted by molar-refractivity contribution is -0.161. The second kappa shape index (κ2) is 73.8. The molecule has 0 heterocycles. The molecule has 104 heavy (non-hydrogen) atoms. The minimum atomic E-state index is -4.97. The van der Waals surface area contributed by atoms with E-state index in [-0.39, 0.29) is 25.7 Å². The molecule has 0 aromatic rings. The van der Waals surface area contributed by atoms with E-state index in [9.17, 15) is 43.2 Å². The van der Waals surface area contributed by atoms with Crippen LogP contribution in [0.5, 0.6) is 0 Å². The van der Waals surface area contributed by atoms with Gasteiger partial charge in [-0.15, -0.1) is 0 Å². The van der Waals surface area contributed by atoms with Crippen molar-refractivity contribution in [2.45, 2.75) is 459 Å². The Hall–Kier alpha value is -1.94. The fourth-order valence-corrected chi connectivity index (χ4v) is 14.7. The summed E-state index contributed by atoms with van der Waals surface area (Å²) in [4.78, 5) is 73.2. The first-order chi connectivity index (χ1) is 50.1. The van der Waals surface area contributed by atoms with Gasteiger partial charge in [0.15, 0.2) is 12.2 Å². The van der Waals surface area contributed by atoms with E-state index in [1.165, 1.54) is 244 Å². The summed E-state index contributed by atoms with van der Waals surface area (Å²) < 4.78 is 68.9. The maximum absolute atomic E-state index is 13.1. The molecule has 0 aromatic carbocycles. The Morgan fingerprint density at radius 1 is 0.269 bits per heavy atom. The van der Waals surface area contributed by atoms with Crippen molar-refractivity contribution in [2.24, 2.45) is 23.7 Å². The van der Waals surface area contributed by atoms with E-state index >= 15 is 0 Å². The Morgan fingerprint density at radius 3 is 0.683 bits per heavy atom.